The number of amides is 2. The topological polar surface area (TPSA) is 53.2 Å². The fraction of sp³-hybridized carbons (Fsp3) is 0.500. The molecule has 0 bridgehead atoms. The first-order valence-corrected chi connectivity index (χ1v) is 6.65. The Labute approximate surface area is 108 Å². The van der Waals surface area contributed by atoms with Gasteiger partial charge in [-0.05, 0) is 37.8 Å². The zero-order valence-corrected chi connectivity index (χ0v) is 10.8. The monoisotopic (exact) mass is 247 g/mol. The van der Waals surface area contributed by atoms with Gasteiger partial charge < -0.3 is 16.0 Å². The predicted octanol–water partition coefficient (Wildman–Crippen LogP) is 2.12. The first-order chi connectivity index (χ1) is 8.79. The molecule has 1 unspecified atom stereocenters. The maximum absolute atomic E-state index is 11.4. The number of para-hydroxylation sites is 1. The van der Waals surface area contributed by atoms with Gasteiger partial charge in [0.05, 0.1) is 0 Å². The highest BCUT2D eigenvalue weighted by Gasteiger charge is 2.15. The molecule has 2 amide bonds. The minimum Gasteiger partial charge on any atom is -0.380 e. The molecule has 0 radical (unpaired) electrons. The number of fused-ring (bicyclic) bond motifs is 1. The van der Waals surface area contributed by atoms with Crippen molar-refractivity contribution in [2.45, 2.75) is 32.2 Å². The number of hydrogen-bond donors (Lipinski definition) is 3. The summed E-state index contributed by atoms with van der Waals surface area (Å²) in [5, 5.41) is 9.16. The van der Waals surface area contributed by atoms with Gasteiger partial charge in [0.2, 0.25) is 0 Å². The normalized spacial score (nSPS) is 18.2. The number of anilines is 1. The Bertz CT molecular complexity index is 406. The average Bonchev–Trinajstić information content (AvgIpc) is 2.58. The fourth-order valence-electron chi connectivity index (χ4n) is 2.30. The number of carbonyl (C=O) groups is 1. The van der Waals surface area contributed by atoms with Crippen LogP contribution in [0.4, 0.5) is 10.5 Å². The molecular weight excluding hydrogens is 226 g/mol. The fourth-order valence-corrected chi connectivity index (χ4v) is 2.30. The molecule has 2 rings (SSSR count). The van der Waals surface area contributed by atoms with Gasteiger partial charge in [0.1, 0.15) is 0 Å². The highest BCUT2D eigenvalue weighted by atomic mass is 16.2. The smallest absolute Gasteiger partial charge is 0.314 e. The minimum atomic E-state index is -0.0863. The first-order valence-electron chi connectivity index (χ1n) is 6.65. The van der Waals surface area contributed by atoms with E-state index in [-0.39, 0.29) is 6.03 Å². The van der Waals surface area contributed by atoms with Gasteiger partial charge in [0.15, 0.2) is 0 Å². The van der Waals surface area contributed by atoms with E-state index in [2.05, 4.69) is 34.1 Å². The van der Waals surface area contributed by atoms with E-state index in [0.717, 1.165) is 19.3 Å². The van der Waals surface area contributed by atoms with Gasteiger partial charge >= 0.3 is 6.03 Å². The maximum Gasteiger partial charge on any atom is 0.314 e. The van der Waals surface area contributed by atoms with E-state index in [1.807, 2.05) is 13.0 Å². The number of carbonyl (C=O) groups excluding carboxylic acids is 1. The summed E-state index contributed by atoms with van der Waals surface area (Å²) in [7, 11) is 0. The molecule has 1 aliphatic rings. The van der Waals surface area contributed by atoms with Gasteiger partial charge in [-0.2, -0.15) is 0 Å². The van der Waals surface area contributed by atoms with Crippen LogP contribution in [0.2, 0.25) is 0 Å². The van der Waals surface area contributed by atoms with Crippen LogP contribution in [0, 0.1) is 0 Å². The van der Waals surface area contributed by atoms with Gasteiger partial charge in [-0.25, -0.2) is 4.79 Å². The Morgan fingerprint density at radius 3 is 3.06 bits per heavy atom. The van der Waals surface area contributed by atoms with Crippen molar-refractivity contribution in [1.29, 1.82) is 0 Å². The third kappa shape index (κ3) is 3.39. The molecule has 98 valence electrons. The van der Waals surface area contributed by atoms with E-state index in [4.69, 9.17) is 0 Å². The lowest BCUT2D eigenvalue weighted by Gasteiger charge is -2.18. The van der Waals surface area contributed by atoms with Crippen LogP contribution in [0.3, 0.4) is 0 Å². The van der Waals surface area contributed by atoms with Crippen LogP contribution in [0.15, 0.2) is 24.3 Å². The lowest BCUT2D eigenvalue weighted by atomic mass is 10.1. The van der Waals surface area contributed by atoms with Crippen LogP contribution in [0.1, 0.15) is 25.3 Å². The van der Waals surface area contributed by atoms with E-state index in [0.29, 0.717) is 19.1 Å². The molecule has 0 aromatic heterocycles. The summed E-state index contributed by atoms with van der Waals surface area (Å²) in [6.45, 7) is 3.24. The van der Waals surface area contributed by atoms with Crippen LogP contribution in [0.25, 0.3) is 0 Å². The second-order valence-electron chi connectivity index (χ2n) is 4.63. The van der Waals surface area contributed by atoms with Gasteiger partial charge in [-0.3, -0.25) is 0 Å². The molecule has 4 heteroatoms. The average molecular weight is 247 g/mol. The third-order valence-corrected chi connectivity index (χ3v) is 3.22. The number of nitrogens with one attached hydrogen (secondary N) is 3. The van der Waals surface area contributed by atoms with Crippen molar-refractivity contribution in [1.82, 2.24) is 10.6 Å². The molecule has 18 heavy (non-hydrogen) atoms. The van der Waals surface area contributed by atoms with Gasteiger partial charge in [-0.1, -0.05) is 18.2 Å². The molecular formula is C14H21N3O. The number of hydrogen-bond acceptors (Lipinski definition) is 2. The SMILES string of the molecule is CCNC(=O)NCC1CCCc2ccccc2N1. The summed E-state index contributed by atoms with van der Waals surface area (Å²) in [6, 6.07) is 8.63. The Morgan fingerprint density at radius 2 is 2.22 bits per heavy atom. The standard InChI is InChI=1S/C14H21N3O/c1-2-15-14(18)16-10-12-8-5-7-11-6-3-4-9-13(11)17-12/h3-4,6,9,12,17H,2,5,7-8,10H2,1H3,(H2,15,16,18). The molecule has 1 aromatic rings. The van der Waals surface area contributed by atoms with Crippen molar-refractivity contribution in [3.63, 3.8) is 0 Å². The molecule has 0 fully saturated rings. The van der Waals surface area contributed by atoms with E-state index in [1.165, 1.54) is 11.3 Å². The Balaban J connectivity index is 1.90. The molecule has 0 spiro atoms. The summed E-state index contributed by atoms with van der Waals surface area (Å²) in [4.78, 5) is 11.4. The molecule has 0 aliphatic carbocycles. The van der Waals surface area contributed by atoms with Crippen molar-refractivity contribution in [2.75, 3.05) is 18.4 Å². The second-order valence-corrected chi connectivity index (χ2v) is 4.63. The molecule has 1 aromatic carbocycles. The number of rotatable bonds is 3. The Kier molecular flexibility index (Phi) is 4.45. The molecule has 3 N–H and O–H groups in total. The lowest BCUT2D eigenvalue weighted by molar-refractivity contribution is 0.241. The molecule has 1 aliphatic heterocycles. The largest absolute Gasteiger partial charge is 0.380 e. The second kappa shape index (κ2) is 6.28. The number of aryl methyl sites for hydroxylation is 1. The van der Waals surface area contributed by atoms with Crippen LogP contribution in [-0.4, -0.2) is 25.2 Å². The maximum atomic E-state index is 11.4. The zero-order valence-electron chi connectivity index (χ0n) is 10.8. The van der Waals surface area contributed by atoms with Crippen LogP contribution in [-0.2, 0) is 6.42 Å². The molecule has 0 saturated carbocycles. The van der Waals surface area contributed by atoms with Crippen LogP contribution >= 0.6 is 0 Å². The quantitative estimate of drug-likeness (QED) is 0.766. The van der Waals surface area contributed by atoms with Crippen molar-refractivity contribution in [3.05, 3.63) is 29.8 Å². The summed E-state index contributed by atoms with van der Waals surface area (Å²) >= 11 is 0. The Morgan fingerprint density at radius 1 is 1.39 bits per heavy atom. The van der Waals surface area contributed by atoms with Gasteiger partial charge in [-0.15, -0.1) is 0 Å². The first kappa shape index (κ1) is 12.7. The van der Waals surface area contributed by atoms with Crippen LogP contribution < -0.4 is 16.0 Å². The van der Waals surface area contributed by atoms with Crippen molar-refractivity contribution in [2.24, 2.45) is 0 Å². The molecule has 4 nitrogen and oxygen atoms in total. The lowest BCUT2D eigenvalue weighted by Crippen LogP contribution is -2.41. The molecule has 1 heterocycles. The molecule has 1 atom stereocenters. The summed E-state index contributed by atoms with van der Waals surface area (Å²) in [6.07, 6.45) is 3.35. The van der Waals surface area contributed by atoms with Crippen molar-refractivity contribution in [3.8, 4) is 0 Å². The highest BCUT2D eigenvalue weighted by Crippen LogP contribution is 2.23. The number of benzene rings is 1. The Hall–Kier alpha value is -1.71. The highest BCUT2D eigenvalue weighted by molar-refractivity contribution is 5.73. The van der Waals surface area contributed by atoms with E-state index in [9.17, 15) is 4.79 Å². The van der Waals surface area contributed by atoms with E-state index in [1.54, 1.807) is 0 Å². The van der Waals surface area contributed by atoms with Crippen molar-refractivity contribution >= 4 is 11.7 Å². The van der Waals surface area contributed by atoms with Gasteiger partial charge in [0.25, 0.3) is 0 Å². The van der Waals surface area contributed by atoms with Gasteiger partial charge in [0, 0.05) is 24.8 Å². The summed E-state index contributed by atoms with van der Waals surface area (Å²) in [5.41, 5.74) is 2.58. The summed E-state index contributed by atoms with van der Waals surface area (Å²) in [5.74, 6) is 0. The number of urea groups is 1. The predicted molar refractivity (Wildman–Crippen MR) is 73.9 cm³/mol. The van der Waals surface area contributed by atoms with E-state index < -0.39 is 0 Å². The van der Waals surface area contributed by atoms with Crippen molar-refractivity contribution < 1.29 is 4.79 Å². The zero-order chi connectivity index (χ0) is 12.8. The summed E-state index contributed by atoms with van der Waals surface area (Å²) < 4.78 is 0. The van der Waals surface area contributed by atoms with E-state index >= 15 is 0 Å². The third-order valence-electron chi connectivity index (χ3n) is 3.22. The van der Waals surface area contributed by atoms with Crippen LogP contribution in [0.5, 0.6) is 0 Å². The molecule has 0 saturated heterocycles. The minimum absolute atomic E-state index is 0.0863.